The lowest BCUT2D eigenvalue weighted by Gasteiger charge is -2.09. The van der Waals surface area contributed by atoms with Crippen LogP contribution in [-0.2, 0) is 17.1 Å². The second-order valence-corrected chi connectivity index (χ2v) is 6.03. The molecule has 0 saturated carbocycles. The van der Waals surface area contributed by atoms with Crippen LogP contribution in [0.2, 0.25) is 0 Å². The Morgan fingerprint density at radius 2 is 2.00 bits per heavy atom. The molecule has 20 heavy (non-hydrogen) atoms. The monoisotopic (exact) mass is 295 g/mol. The van der Waals surface area contributed by atoms with Gasteiger partial charge in [0.15, 0.2) is 0 Å². The Labute approximate surface area is 118 Å². The first-order valence-electron chi connectivity index (χ1n) is 6.14. The van der Waals surface area contributed by atoms with Gasteiger partial charge in [-0.1, -0.05) is 18.2 Å². The Morgan fingerprint density at radius 1 is 1.25 bits per heavy atom. The van der Waals surface area contributed by atoms with Crippen molar-refractivity contribution in [2.24, 2.45) is 7.05 Å². The molecule has 2 rings (SSSR count). The number of aryl methyl sites for hydroxylation is 2. The molecule has 0 amide bonds. The third-order valence-corrected chi connectivity index (χ3v) is 4.42. The van der Waals surface area contributed by atoms with Crippen LogP contribution in [0, 0.1) is 6.92 Å². The molecule has 1 heterocycles. The molecule has 8 heteroatoms. The molecule has 108 valence electrons. The fraction of sp³-hybridized carbons (Fsp3) is 0.333. The van der Waals surface area contributed by atoms with E-state index in [1.807, 2.05) is 6.07 Å². The lowest BCUT2D eigenvalue weighted by atomic mass is 10.2. The quantitative estimate of drug-likeness (QED) is 0.758. The smallest absolute Gasteiger partial charge is 0.240 e. The molecule has 1 aromatic heterocycles. The minimum absolute atomic E-state index is 0.267. The first-order valence-corrected chi connectivity index (χ1v) is 7.62. The Balaban J connectivity index is 1.91. The van der Waals surface area contributed by atoms with E-state index in [2.05, 4.69) is 20.1 Å². The van der Waals surface area contributed by atoms with Gasteiger partial charge in [-0.2, -0.15) is 10.1 Å². The molecule has 0 bridgehead atoms. The molecule has 0 aliphatic carbocycles. The maximum Gasteiger partial charge on any atom is 0.240 e. The molecule has 1 aromatic carbocycles. The van der Waals surface area contributed by atoms with E-state index in [1.165, 1.54) is 6.33 Å². The minimum Gasteiger partial charge on any atom is -0.353 e. The Morgan fingerprint density at radius 3 is 2.65 bits per heavy atom. The van der Waals surface area contributed by atoms with Gasteiger partial charge in [0.1, 0.15) is 6.33 Å². The van der Waals surface area contributed by atoms with E-state index >= 15 is 0 Å². The average molecular weight is 295 g/mol. The summed E-state index contributed by atoms with van der Waals surface area (Å²) in [6.45, 7) is 2.47. The zero-order valence-corrected chi connectivity index (χ0v) is 12.2. The zero-order valence-electron chi connectivity index (χ0n) is 11.4. The number of sulfonamides is 1. The number of hydrogen-bond acceptors (Lipinski definition) is 5. The molecular formula is C12H17N5O2S. The SMILES string of the molecule is Cc1ccccc1S(=O)(=O)NCCNc1ncnn1C. The Hall–Kier alpha value is -1.93. The summed E-state index contributed by atoms with van der Waals surface area (Å²) in [6, 6.07) is 6.88. The summed E-state index contributed by atoms with van der Waals surface area (Å²) in [7, 11) is -1.72. The maximum absolute atomic E-state index is 12.1. The Bertz CT molecular complexity index is 681. The summed E-state index contributed by atoms with van der Waals surface area (Å²) in [5, 5.41) is 6.90. The lowest BCUT2D eigenvalue weighted by molar-refractivity contribution is 0.582. The highest BCUT2D eigenvalue weighted by Gasteiger charge is 2.15. The molecule has 0 radical (unpaired) electrons. The van der Waals surface area contributed by atoms with Crippen molar-refractivity contribution in [1.29, 1.82) is 0 Å². The van der Waals surface area contributed by atoms with Crippen molar-refractivity contribution in [3.63, 3.8) is 0 Å². The van der Waals surface area contributed by atoms with Crippen LogP contribution in [0.4, 0.5) is 5.95 Å². The van der Waals surface area contributed by atoms with Crippen LogP contribution in [0.25, 0.3) is 0 Å². The van der Waals surface area contributed by atoms with Gasteiger partial charge in [0.2, 0.25) is 16.0 Å². The molecule has 0 saturated heterocycles. The molecule has 2 aromatic rings. The van der Waals surface area contributed by atoms with Crippen molar-refractivity contribution in [3.05, 3.63) is 36.2 Å². The fourth-order valence-corrected chi connectivity index (χ4v) is 3.03. The molecule has 0 fully saturated rings. The van der Waals surface area contributed by atoms with E-state index in [9.17, 15) is 8.42 Å². The molecule has 0 aliphatic heterocycles. The van der Waals surface area contributed by atoms with Crippen LogP contribution in [0.15, 0.2) is 35.5 Å². The third-order valence-electron chi connectivity index (χ3n) is 2.79. The van der Waals surface area contributed by atoms with E-state index in [1.54, 1.807) is 36.9 Å². The van der Waals surface area contributed by atoms with Crippen molar-refractivity contribution in [2.45, 2.75) is 11.8 Å². The normalized spacial score (nSPS) is 11.5. The number of anilines is 1. The Kier molecular flexibility index (Phi) is 4.35. The first kappa shape index (κ1) is 14.5. The van der Waals surface area contributed by atoms with Gasteiger partial charge in [0.05, 0.1) is 4.90 Å². The van der Waals surface area contributed by atoms with Crippen molar-refractivity contribution >= 4 is 16.0 Å². The number of nitrogens with one attached hydrogen (secondary N) is 2. The number of rotatable bonds is 6. The number of benzene rings is 1. The molecule has 0 unspecified atom stereocenters. The fourth-order valence-electron chi connectivity index (χ4n) is 1.75. The number of hydrogen-bond donors (Lipinski definition) is 2. The van der Waals surface area contributed by atoms with Crippen molar-refractivity contribution < 1.29 is 8.42 Å². The van der Waals surface area contributed by atoms with E-state index < -0.39 is 10.0 Å². The van der Waals surface area contributed by atoms with Crippen LogP contribution in [0.1, 0.15) is 5.56 Å². The first-order chi connectivity index (χ1) is 9.50. The van der Waals surface area contributed by atoms with Gasteiger partial charge < -0.3 is 5.32 Å². The summed E-state index contributed by atoms with van der Waals surface area (Å²) in [5.74, 6) is 0.597. The third kappa shape index (κ3) is 3.34. The van der Waals surface area contributed by atoms with Crippen molar-refractivity contribution in [2.75, 3.05) is 18.4 Å². The second-order valence-electron chi connectivity index (χ2n) is 4.30. The van der Waals surface area contributed by atoms with E-state index in [0.29, 0.717) is 17.4 Å². The highest BCUT2D eigenvalue weighted by molar-refractivity contribution is 7.89. The highest BCUT2D eigenvalue weighted by atomic mass is 32.2. The van der Waals surface area contributed by atoms with Gasteiger partial charge in [-0.3, -0.25) is 0 Å². The molecule has 0 atom stereocenters. The van der Waals surface area contributed by atoms with E-state index in [0.717, 1.165) is 5.56 Å². The van der Waals surface area contributed by atoms with Crippen LogP contribution in [0.5, 0.6) is 0 Å². The van der Waals surface area contributed by atoms with Crippen LogP contribution in [0.3, 0.4) is 0 Å². The summed E-state index contributed by atoms with van der Waals surface area (Å²) < 4.78 is 28.3. The molecule has 7 nitrogen and oxygen atoms in total. The van der Waals surface area contributed by atoms with E-state index in [4.69, 9.17) is 0 Å². The predicted molar refractivity (Wildman–Crippen MR) is 75.9 cm³/mol. The maximum atomic E-state index is 12.1. The topological polar surface area (TPSA) is 88.9 Å². The largest absolute Gasteiger partial charge is 0.353 e. The van der Waals surface area contributed by atoms with Crippen molar-refractivity contribution in [3.8, 4) is 0 Å². The highest BCUT2D eigenvalue weighted by Crippen LogP contribution is 2.13. The number of nitrogens with zero attached hydrogens (tertiary/aromatic N) is 3. The zero-order chi connectivity index (χ0) is 14.6. The van der Waals surface area contributed by atoms with Gasteiger partial charge in [0.25, 0.3) is 0 Å². The molecule has 0 aliphatic rings. The van der Waals surface area contributed by atoms with Crippen LogP contribution >= 0.6 is 0 Å². The average Bonchev–Trinajstić information content (AvgIpc) is 2.81. The molecule has 2 N–H and O–H groups in total. The van der Waals surface area contributed by atoms with Gasteiger partial charge in [-0.15, -0.1) is 0 Å². The summed E-state index contributed by atoms with van der Waals surface area (Å²) in [6.07, 6.45) is 1.43. The summed E-state index contributed by atoms with van der Waals surface area (Å²) in [4.78, 5) is 4.29. The van der Waals surface area contributed by atoms with E-state index in [-0.39, 0.29) is 6.54 Å². The summed E-state index contributed by atoms with van der Waals surface area (Å²) >= 11 is 0. The van der Waals surface area contributed by atoms with Gasteiger partial charge in [-0.25, -0.2) is 17.8 Å². The predicted octanol–water partition coefficient (Wildman–Crippen LogP) is 0.514. The van der Waals surface area contributed by atoms with Gasteiger partial charge in [-0.05, 0) is 18.6 Å². The van der Waals surface area contributed by atoms with Gasteiger partial charge >= 0.3 is 0 Å². The summed E-state index contributed by atoms with van der Waals surface area (Å²) in [5.41, 5.74) is 0.723. The van der Waals surface area contributed by atoms with Crippen molar-refractivity contribution in [1.82, 2.24) is 19.5 Å². The minimum atomic E-state index is -3.47. The van der Waals surface area contributed by atoms with Crippen LogP contribution in [-0.4, -0.2) is 36.3 Å². The standard InChI is InChI=1S/C12H17N5O2S/c1-10-5-3-4-6-11(10)20(18,19)16-8-7-13-12-14-9-15-17(12)2/h3-6,9,16H,7-8H2,1-2H3,(H,13,14,15). The molecular weight excluding hydrogens is 278 g/mol. The molecule has 0 spiro atoms. The number of aromatic nitrogens is 3. The second kappa shape index (κ2) is 6.02. The lowest BCUT2D eigenvalue weighted by Crippen LogP contribution is -2.29. The van der Waals surface area contributed by atoms with Gasteiger partial charge in [0, 0.05) is 20.1 Å². The van der Waals surface area contributed by atoms with Crippen LogP contribution < -0.4 is 10.0 Å².